The van der Waals surface area contributed by atoms with Gasteiger partial charge in [0.25, 0.3) is 0 Å². The van der Waals surface area contributed by atoms with Gasteiger partial charge in [-0.2, -0.15) is 0 Å². The van der Waals surface area contributed by atoms with E-state index in [-0.39, 0.29) is 12.1 Å². The SMILES string of the molecule is CC(N)C1CCC2(CCOCC2)CO1. The lowest BCUT2D eigenvalue weighted by atomic mass is 9.74. The second-order valence-electron chi connectivity index (χ2n) is 4.86. The molecule has 0 aromatic rings. The molecular formula is C11H21NO2. The maximum absolute atomic E-state index is 5.85. The average molecular weight is 199 g/mol. The van der Waals surface area contributed by atoms with Gasteiger partial charge in [-0.3, -0.25) is 0 Å². The molecule has 2 heterocycles. The number of ether oxygens (including phenoxy) is 2. The van der Waals surface area contributed by atoms with Crippen molar-refractivity contribution in [1.82, 2.24) is 0 Å². The normalized spacial score (nSPS) is 34.3. The van der Waals surface area contributed by atoms with E-state index in [0.29, 0.717) is 5.41 Å². The summed E-state index contributed by atoms with van der Waals surface area (Å²) in [6, 6.07) is 0.173. The molecule has 0 bridgehead atoms. The van der Waals surface area contributed by atoms with Crippen molar-refractivity contribution in [2.75, 3.05) is 19.8 Å². The summed E-state index contributed by atoms with van der Waals surface area (Å²) in [4.78, 5) is 0. The Morgan fingerprint density at radius 3 is 2.50 bits per heavy atom. The third-order valence-corrected chi connectivity index (χ3v) is 3.70. The summed E-state index contributed by atoms with van der Waals surface area (Å²) in [5, 5.41) is 0. The molecule has 0 saturated carbocycles. The minimum absolute atomic E-state index is 0.173. The predicted molar refractivity (Wildman–Crippen MR) is 55.1 cm³/mol. The van der Waals surface area contributed by atoms with Crippen molar-refractivity contribution in [3.63, 3.8) is 0 Å². The van der Waals surface area contributed by atoms with Crippen LogP contribution in [0.4, 0.5) is 0 Å². The molecule has 2 fully saturated rings. The van der Waals surface area contributed by atoms with Crippen molar-refractivity contribution in [3.05, 3.63) is 0 Å². The first kappa shape index (κ1) is 10.4. The van der Waals surface area contributed by atoms with Crippen LogP contribution in [-0.2, 0) is 9.47 Å². The highest BCUT2D eigenvalue weighted by atomic mass is 16.5. The van der Waals surface area contributed by atoms with Gasteiger partial charge in [0.05, 0.1) is 12.7 Å². The Kier molecular flexibility index (Phi) is 3.10. The third kappa shape index (κ3) is 2.10. The molecule has 0 radical (unpaired) electrons. The summed E-state index contributed by atoms with van der Waals surface area (Å²) in [5.41, 5.74) is 6.26. The molecule has 2 atom stereocenters. The summed E-state index contributed by atoms with van der Waals surface area (Å²) >= 11 is 0. The van der Waals surface area contributed by atoms with Crippen molar-refractivity contribution in [1.29, 1.82) is 0 Å². The van der Waals surface area contributed by atoms with Crippen LogP contribution in [0.5, 0.6) is 0 Å². The fourth-order valence-corrected chi connectivity index (χ4v) is 2.50. The largest absolute Gasteiger partial charge is 0.381 e. The Morgan fingerprint density at radius 1 is 1.29 bits per heavy atom. The van der Waals surface area contributed by atoms with Crippen LogP contribution in [0.25, 0.3) is 0 Å². The summed E-state index contributed by atoms with van der Waals surface area (Å²) in [5.74, 6) is 0. The van der Waals surface area contributed by atoms with Gasteiger partial charge in [0, 0.05) is 19.3 Å². The smallest absolute Gasteiger partial charge is 0.0723 e. The molecular weight excluding hydrogens is 178 g/mol. The standard InChI is InChI=1S/C11H21NO2/c1-9(12)10-2-3-11(8-14-10)4-6-13-7-5-11/h9-10H,2-8,12H2,1H3. The first-order chi connectivity index (χ1) is 6.72. The quantitative estimate of drug-likeness (QED) is 0.692. The number of rotatable bonds is 1. The van der Waals surface area contributed by atoms with Crippen molar-refractivity contribution in [2.24, 2.45) is 11.1 Å². The molecule has 3 heteroatoms. The number of nitrogens with two attached hydrogens (primary N) is 1. The van der Waals surface area contributed by atoms with Gasteiger partial charge in [0.1, 0.15) is 0 Å². The molecule has 0 aromatic heterocycles. The molecule has 82 valence electrons. The van der Waals surface area contributed by atoms with Crippen LogP contribution in [0.1, 0.15) is 32.6 Å². The van der Waals surface area contributed by atoms with Gasteiger partial charge in [0.15, 0.2) is 0 Å². The summed E-state index contributed by atoms with van der Waals surface area (Å²) in [6.45, 7) is 4.74. The fraction of sp³-hybridized carbons (Fsp3) is 1.00. The minimum Gasteiger partial charge on any atom is -0.381 e. The van der Waals surface area contributed by atoms with Gasteiger partial charge >= 0.3 is 0 Å². The van der Waals surface area contributed by atoms with Crippen molar-refractivity contribution < 1.29 is 9.47 Å². The van der Waals surface area contributed by atoms with E-state index >= 15 is 0 Å². The van der Waals surface area contributed by atoms with Gasteiger partial charge in [-0.1, -0.05) is 0 Å². The maximum atomic E-state index is 5.85. The molecule has 2 N–H and O–H groups in total. The molecule has 3 nitrogen and oxygen atoms in total. The maximum Gasteiger partial charge on any atom is 0.0723 e. The molecule has 0 aliphatic carbocycles. The highest BCUT2D eigenvalue weighted by molar-refractivity contribution is 4.88. The van der Waals surface area contributed by atoms with Crippen LogP contribution in [0.3, 0.4) is 0 Å². The zero-order valence-corrected chi connectivity index (χ0v) is 9.00. The lowest BCUT2D eigenvalue weighted by Gasteiger charge is -2.43. The van der Waals surface area contributed by atoms with E-state index < -0.39 is 0 Å². The first-order valence-corrected chi connectivity index (χ1v) is 5.67. The Hall–Kier alpha value is -0.120. The van der Waals surface area contributed by atoms with Crippen LogP contribution in [0.2, 0.25) is 0 Å². The fourth-order valence-electron chi connectivity index (χ4n) is 2.50. The van der Waals surface area contributed by atoms with Crippen LogP contribution in [0, 0.1) is 5.41 Å². The minimum atomic E-state index is 0.173. The van der Waals surface area contributed by atoms with E-state index in [2.05, 4.69) is 0 Å². The Morgan fingerprint density at radius 2 is 2.00 bits per heavy atom. The van der Waals surface area contributed by atoms with Crippen LogP contribution in [0.15, 0.2) is 0 Å². The van der Waals surface area contributed by atoms with Gasteiger partial charge in [0.2, 0.25) is 0 Å². The highest BCUT2D eigenvalue weighted by Crippen LogP contribution is 2.40. The second kappa shape index (κ2) is 4.17. The van der Waals surface area contributed by atoms with E-state index in [4.69, 9.17) is 15.2 Å². The van der Waals surface area contributed by atoms with E-state index in [1.807, 2.05) is 6.92 Å². The summed E-state index contributed by atoms with van der Waals surface area (Å²) < 4.78 is 11.2. The van der Waals surface area contributed by atoms with E-state index in [9.17, 15) is 0 Å². The van der Waals surface area contributed by atoms with Gasteiger partial charge < -0.3 is 15.2 Å². The summed E-state index contributed by atoms with van der Waals surface area (Å²) in [6.07, 6.45) is 5.00. The van der Waals surface area contributed by atoms with Crippen LogP contribution in [-0.4, -0.2) is 32.0 Å². The first-order valence-electron chi connectivity index (χ1n) is 5.67. The molecule has 1 spiro atoms. The number of hydrogen-bond acceptors (Lipinski definition) is 3. The van der Waals surface area contributed by atoms with E-state index in [0.717, 1.165) is 26.2 Å². The monoisotopic (exact) mass is 199 g/mol. The lowest BCUT2D eigenvalue weighted by Crippen LogP contribution is -2.45. The molecule has 2 unspecified atom stereocenters. The molecule has 2 rings (SSSR count). The molecule has 2 aliphatic rings. The molecule has 2 saturated heterocycles. The Balaban J connectivity index is 1.87. The second-order valence-corrected chi connectivity index (χ2v) is 4.86. The van der Waals surface area contributed by atoms with Crippen molar-refractivity contribution >= 4 is 0 Å². The lowest BCUT2D eigenvalue weighted by molar-refractivity contribution is -0.109. The van der Waals surface area contributed by atoms with Crippen LogP contribution < -0.4 is 5.73 Å². The third-order valence-electron chi connectivity index (χ3n) is 3.70. The topological polar surface area (TPSA) is 44.5 Å². The van der Waals surface area contributed by atoms with E-state index in [1.54, 1.807) is 0 Å². The predicted octanol–water partition coefficient (Wildman–Crippen LogP) is 1.31. The van der Waals surface area contributed by atoms with E-state index in [1.165, 1.54) is 19.3 Å². The molecule has 14 heavy (non-hydrogen) atoms. The number of hydrogen-bond donors (Lipinski definition) is 1. The average Bonchev–Trinajstić information content (AvgIpc) is 2.19. The Bertz CT molecular complexity index is 178. The van der Waals surface area contributed by atoms with Crippen LogP contribution >= 0.6 is 0 Å². The van der Waals surface area contributed by atoms with Crippen molar-refractivity contribution in [2.45, 2.75) is 44.8 Å². The molecule has 0 aromatic carbocycles. The summed E-state index contributed by atoms with van der Waals surface area (Å²) in [7, 11) is 0. The highest BCUT2D eigenvalue weighted by Gasteiger charge is 2.38. The van der Waals surface area contributed by atoms with Crippen molar-refractivity contribution in [3.8, 4) is 0 Å². The van der Waals surface area contributed by atoms with Gasteiger partial charge in [-0.05, 0) is 38.0 Å². The molecule has 0 amide bonds. The zero-order chi connectivity index (χ0) is 10.0. The zero-order valence-electron chi connectivity index (χ0n) is 9.00. The van der Waals surface area contributed by atoms with Gasteiger partial charge in [-0.25, -0.2) is 0 Å². The van der Waals surface area contributed by atoms with Gasteiger partial charge in [-0.15, -0.1) is 0 Å². The Labute approximate surface area is 85.9 Å². The molecule has 2 aliphatic heterocycles.